The Balaban J connectivity index is 1.92. The molecule has 1 aromatic carbocycles. The minimum Gasteiger partial charge on any atom is -0.502 e. The molecule has 0 saturated heterocycles. The average molecular weight is 348 g/mol. The van der Waals surface area contributed by atoms with Crippen molar-refractivity contribution in [2.24, 2.45) is 5.10 Å². The van der Waals surface area contributed by atoms with Crippen molar-refractivity contribution in [3.63, 3.8) is 0 Å². The summed E-state index contributed by atoms with van der Waals surface area (Å²) in [6, 6.07) is 3.60. The number of aryl methyl sites for hydroxylation is 1. The lowest BCUT2D eigenvalue weighted by Gasteiger charge is -2.00. The molecule has 25 heavy (non-hydrogen) atoms. The molecule has 0 aliphatic rings. The topological polar surface area (TPSA) is 183 Å². The highest BCUT2D eigenvalue weighted by atomic mass is 16.6. The van der Waals surface area contributed by atoms with Crippen LogP contribution in [0.25, 0.3) is 0 Å². The summed E-state index contributed by atoms with van der Waals surface area (Å²) in [5, 5.41) is 29.2. The Morgan fingerprint density at radius 1 is 1.44 bits per heavy atom. The molecule has 0 saturated carbocycles. The maximum Gasteiger partial charge on any atom is 0.342 e. The summed E-state index contributed by atoms with van der Waals surface area (Å²) in [4.78, 5) is 45.8. The van der Waals surface area contributed by atoms with Crippen LogP contribution in [0.4, 0.5) is 5.69 Å². The highest BCUT2D eigenvalue weighted by Gasteiger charge is 2.12. The van der Waals surface area contributed by atoms with E-state index in [9.17, 15) is 29.6 Å². The molecule has 1 amide bonds. The van der Waals surface area contributed by atoms with Crippen molar-refractivity contribution in [2.75, 3.05) is 0 Å². The van der Waals surface area contributed by atoms with E-state index in [1.807, 2.05) is 4.98 Å². The molecule has 0 aliphatic carbocycles. The first-order valence-electron chi connectivity index (χ1n) is 6.84. The molecule has 130 valence electrons. The molecule has 12 heteroatoms. The summed E-state index contributed by atoms with van der Waals surface area (Å²) in [5.41, 5.74) is 0.554. The number of H-pyrrole nitrogens is 2. The van der Waals surface area contributed by atoms with Crippen LogP contribution in [-0.2, 0) is 11.2 Å². The normalized spacial score (nSPS) is 10.7. The molecule has 0 bridgehead atoms. The van der Waals surface area contributed by atoms with Gasteiger partial charge in [0.2, 0.25) is 5.91 Å². The molecule has 0 aliphatic heterocycles. The summed E-state index contributed by atoms with van der Waals surface area (Å²) in [5.74, 6) is -1.01. The van der Waals surface area contributed by atoms with Gasteiger partial charge in [0.1, 0.15) is 5.69 Å². The van der Waals surface area contributed by atoms with Gasteiger partial charge in [0.25, 0.3) is 5.56 Å². The average Bonchev–Trinajstić information content (AvgIpc) is 2.55. The minimum atomic E-state index is -0.750. The predicted octanol–water partition coefficient (Wildman–Crippen LogP) is -0.845. The largest absolute Gasteiger partial charge is 0.502 e. The summed E-state index contributed by atoms with van der Waals surface area (Å²) >= 11 is 0. The first-order chi connectivity index (χ1) is 11.9. The number of nitro groups is 1. The summed E-state index contributed by atoms with van der Waals surface area (Å²) in [6.45, 7) is 0. The Hall–Kier alpha value is -3.83. The molecule has 0 atom stereocenters. The van der Waals surface area contributed by atoms with Gasteiger partial charge in [0.15, 0.2) is 5.75 Å². The number of nitrogens with zero attached hydrogens (tertiary/aromatic N) is 3. The highest BCUT2D eigenvalue weighted by Crippen LogP contribution is 2.25. The number of carbonyl (C=O) groups is 1. The molecule has 4 N–H and O–H groups in total. The number of aromatic hydroxyl groups is 1. The standard InChI is InChI=1S/C13H12N6O6/c20-10-3-1-7(5-9(10)19(24)25)6-14-17-11(21)4-2-8-12(22)15-13(23)18-16-8/h1,3,5-6,20H,2,4H2,(H,17,21)(H2,15,18,22,23). The third kappa shape index (κ3) is 4.82. The predicted molar refractivity (Wildman–Crippen MR) is 84.3 cm³/mol. The van der Waals surface area contributed by atoms with Crippen LogP contribution in [0.2, 0.25) is 0 Å². The number of hydrogen-bond donors (Lipinski definition) is 4. The number of aromatic nitrogens is 3. The number of nitro benzene ring substituents is 1. The number of phenolic OH excluding ortho intramolecular Hbond substituents is 1. The Kier molecular flexibility index (Phi) is 5.35. The fourth-order valence-corrected chi connectivity index (χ4v) is 1.78. The van der Waals surface area contributed by atoms with Gasteiger partial charge in [-0.2, -0.15) is 10.2 Å². The van der Waals surface area contributed by atoms with Crippen molar-refractivity contribution in [3.05, 3.63) is 60.4 Å². The van der Waals surface area contributed by atoms with Crippen LogP contribution in [-0.4, -0.2) is 37.3 Å². The minimum absolute atomic E-state index is 0.00658. The van der Waals surface area contributed by atoms with E-state index in [-0.39, 0.29) is 18.5 Å². The number of benzene rings is 1. The Bertz CT molecular complexity index is 947. The zero-order chi connectivity index (χ0) is 18.4. The van der Waals surface area contributed by atoms with E-state index in [0.717, 1.165) is 18.3 Å². The number of aromatic amines is 2. The molecule has 0 fully saturated rings. The number of rotatable bonds is 6. The number of amides is 1. The van der Waals surface area contributed by atoms with Crippen molar-refractivity contribution >= 4 is 17.8 Å². The quantitative estimate of drug-likeness (QED) is 0.298. The zero-order valence-electron chi connectivity index (χ0n) is 12.6. The van der Waals surface area contributed by atoms with E-state index in [1.54, 1.807) is 0 Å². The van der Waals surface area contributed by atoms with Crippen LogP contribution in [0, 0.1) is 10.1 Å². The van der Waals surface area contributed by atoms with Gasteiger partial charge in [-0.05, 0) is 12.1 Å². The van der Waals surface area contributed by atoms with Gasteiger partial charge in [0, 0.05) is 24.5 Å². The van der Waals surface area contributed by atoms with E-state index in [2.05, 4.69) is 20.7 Å². The third-order valence-corrected chi connectivity index (χ3v) is 2.97. The second-order valence-electron chi connectivity index (χ2n) is 4.75. The molecular weight excluding hydrogens is 336 g/mol. The van der Waals surface area contributed by atoms with Crippen molar-refractivity contribution in [1.29, 1.82) is 0 Å². The lowest BCUT2D eigenvalue weighted by molar-refractivity contribution is -0.385. The summed E-state index contributed by atoms with van der Waals surface area (Å²) < 4.78 is 0. The number of hydrogen-bond acceptors (Lipinski definition) is 8. The lowest BCUT2D eigenvalue weighted by atomic mass is 10.2. The second-order valence-corrected chi connectivity index (χ2v) is 4.75. The van der Waals surface area contributed by atoms with Gasteiger partial charge < -0.3 is 5.11 Å². The summed E-state index contributed by atoms with van der Waals surface area (Å²) in [6.07, 6.45) is 1.03. The number of hydrazone groups is 1. The molecule has 1 heterocycles. The van der Waals surface area contributed by atoms with E-state index < -0.39 is 33.5 Å². The molecular formula is C13H12N6O6. The molecule has 0 unspecified atom stereocenters. The summed E-state index contributed by atoms with van der Waals surface area (Å²) in [7, 11) is 0. The molecule has 2 rings (SSSR count). The van der Waals surface area contributed by atoms with E-state index in [4.69, 9.17) is 0 Å². The highest BCUT2D eigenvalue weighted by molar-refractivity contribution is 5.83. The van der Waals surface area contributed by atoms with E-state index in [0.29, 0.717) is 5.56 Å². The van der Waals surface area contributed by atoms with Crippen molar-refractivity contribution in [2.45, 2.75) is 12.8 Å². The van der Waals surface area contributed by atoms with Crippen LogP contribution < -0.4 is 16.7 Å². The van der Waals surface area contributed by atoms with Crippen LogP contribution in [0.5, 0.6) is 5.75 Å². The number of carbonyl (C=O) groups excluding carboxylic acids is 1. The van der Waals surface area contributed by atoms with Crippen molar-refractivity contribution in [1.82, 2.24) is 20.6 Å². The Morgan fingerprint density at radius 2 is 2.20 bits per heavy atom. The molecule has 0 radical (unpaired) electrons. The van der Waals surface area contributed by atoms with Crippen molar-refractivity contribution < 1.29 is 14.8 Å². The second kappa shape index (κ2) is 7.63. The fraction of sp³-hybridized carbons (Fsp3) is 0.154. The van der Waals surface area contributed by atoms with Crippen LogP contribution in [0.1, 0.15) is 17.7 Å². The monoisotopic (exact) mass is 348 g/mol. The third-order valence-electron chi connectivity index (χ3n) is 2.97. The zero-order valence-corrected chi connectivity index (χ0v) is 12.6. The fourth-order valence-electron chi connectivity index (χ4n) is 1.78. The number of phenols is 1. The maximum atomic E-state index is 11.6. The van der Waals surface area contributed by atoms with Crippen molar-refractivity contribution in [3.8, 4) is 5.75 Å². The first-order valence-corrected chi connectivity index (χ1v) is 6.84. The molecule has 12 nitrogen and oxygen atoms in total. The van der Waals surface area contributed by atoms with Crippen LogP contribution in [0.15, 0.2) is 32.9 Å². The Labute approximate surface area is 138 Å². The van der Waals surface area contributed by atoms with Gasteiger partial charge >= 0.3 is 11.4 Å². The van der Waals surface area contributed by atoms with Gasteiger partial charge in [-0.25, -0.2) is 15.3 Å². The van der Waals surface area contributed by atoms with E-state index >= 15 is 0 Å². The first kappa shape index (κ1) is 17.5. The number of nitrogens with one attached hydrogen (secondary N) is 3. The van der Waals surface area contributed by atoms with Gasteiger partial charge in [-0.1, -0.05) is 0 Å². The maximum absolute atomic E-state index is 11.6. The van der Waals surface area contributed by atoms with Crippen LogP contribution in [0.3, 0.4) is 0 Å². The molecule has 2 aromatic rings. The Morgan fingerprint density at radius 3 is 2.88 bits per heavy atom. The molecule has 1 aromatic heterocycles. The van der Waals surface area contributed by atoms with Gasteiger partial charge in [-0.15, -0.1) is 0 Å². The van der Waals surface area contributed by atoms with Crippen LogP contribution >= 0.6 is 0 Å². The molecule has 0 spiro atoms. The lowest BCUT2D eigenvalue weighted by Crippen LogP contribution is -2.28. The SMILES string of the molecule is O=C(CCc1n[nH]c(=O)[nH]c1=O)NN=Cc1ccc(O)c([N+](=O)[O-])c1. The smallest absolute Gasteiger partial charge is 0.342 e. The van der Waals surface area contributed by atoms with E-state index in [1.165, 1.54) is 6.07 Å². The van der Waals surface area contributed by atoms with Gasteiger partial charge in [0.05, 0.1) is 11.1 Å². The van der Waals surface area contributed by atoms with Gasteiger partial charge in [-0.3, -0.25) is 24.7 Å².